The fraction of sp³-hybridized carbons (Fsp3) is 0.786. The van der Waals surface area contributed by atoms with Crippen LogP contribution < -0.4 is 5.32 Å². The molecule has 2 fully saturated rings. The molecular formula is C14H22N2O3. The van der Waals surface area contributed by atoms with E-state index in [0.29, 0.717) is 25.8 Å². The van der Waals surface area contributed by atoms with Gasteiger partial charge in [0, 0.05) is 19.4 Å². The van der Waals surface area contributed by atoms with Crippen molar-refractivity contribution in [2.45, 2.75) is 63.8 Å². The highest BCUT2D eigenvalue weighted by molar-refractivity contribution is 6.07. The lowest BCUT2D eigenvalue weighted by atomic mass is 9.82. The molecule has 5 nitrogen and oxygen atoms in total. The van der Waals surface area contributed by atoms with Gasteiger partial charge in [0.05, 0.1) is 0 Å². The molecule has 1 spiro atoms. The monoisotopic (exact) mass is 266 g/mol. The normalized spacial score (nSPS) is 21.8. The van der Waals surface area contributed by atoms with Crippen LogP contribution in [-0.4, -0.2) is 34.7 Å². The third-order valence-electron chi connectivity index (χ3n) is 4.18. The van der Waals surface area contributed by atoms with Crippen LogP contribution in [0.2, 0.25) is 0 Å². The van der Waals surface area contributed by atoms with Gasteiger partial charge in [-0.2, -0.15) is 0 Å². The molecule has 0 atom stereocenters. The second kappa shape index (κ2) is 5.72. The van der Waals surface area contributed by atoms with Gasteiger partial charge in [0.1, 0.15) is 11.3 Å². The zero-order valence-electron chi connectivity index (χ0n) is 11.5. The molecule has 1 aliphatic carbocycles. The van der Waals surface area contributed by atoms with E-state index in [1.807, 2.05) is 6.92 Å². The van der Waals surface area contributed by atoms with Crippen LogP contribution >= 0.6 is 0 Å². The number of nitrogens with zero attached hydrogens (tertiary/aromatic N) is 1. The van der Waals surface area contributed by atoms with Gasteiger partial charge in [0.25, 0.3) is 5.91 Å². The van der Waals surface area contributed by atoms with Crippen LogP contribution in [0.15, 0.2) is 0 Å². The maximum absolute atomic E-state index is 12.4. The second-order valence-corrected chi connectivity index (χ2v) is 5.53. The highest BCUT2D eigenvalue weighted by Gasteiger charge is 2.50. The number of carbonyl (C=O) groups excluding carboxylic acids is 3. The van der Waals surface area contributed by atoms with Crippen LogP contribution in [-0.2, 0) is 9.59 Å². The van der Waals surface area contributed by atoms with E-state index in [9.17, 15) is 14.4 Å². The third-order valence-corrected chi connectivity index (χ3v) is 4.18. The van der Waals surface area contributed by atoms with Gasteiger partial charge in [0.15, 0.2) is 0 Å². The predicted octanol–water partition coefficient (Wildman–Crippen LogP) is 2.00. The zero-order chi connectivity index (χ0) is 13.9. The van der Waals surface area contributed by atoms with Crippen molar-refractivity contribution in [2.24, 2.45) is 0 Å². The quantitative estimate of drug-likeness (QED) is 0.774. The fourth-order valence-electron chi connectivity index (χ4n) is 2.98. The Labute approximate surface area is 113 Å². The molecule has 5 heteroatoms. The summed E-state index contributed by atoms with van der Waals surface area (Å²) in [5.74, 6) is 0.0978. The van der Waals surface area contributed by atoms with E-state index >= 15 is 0 Å². The summed E-state index contributed by atoms with van der Waals surface area (Å²) < 4.78 is 0. The van der Waals surface area contributed by atoms with Gasteiger partial charge < -0.3 is 5.32 Å². The molecule has 3 amide bonds. The number of carbonyl (C=O) groups is 3. The van der Waals surface area contributed by atoms with Crippen molar-refractivity contribution in [3.63, 3.8) is 0 Å². The van der Waals surface area contributed by atoms with Gasteiger partial charge in [-0.1, -0.05) is 26.2 Å². The molecule has 0 bridgehead atoms. The molecular weight excluding hydrogens is 244 g/mol. The van der Waals surface area contributed by atoms with Crippen LogP contribution in [0.3, 0.4) is 0 Å². The number of amides is 3. The van der Waals surface area contributed by atoms with E-state index in [4.69, 9.17) is 0 Å². The molecule has 1 saturated carbocycles. The predicted molar refractivity (Wildman–Crippen MR) is 70.6 cm³/mol. The Hall–Kier alpha value is -1.39. The standard InChI is InChI=1S/C14H22N2O3/c1-2-11(17)7-6-10-16-12(18)14(15-13(16)19)8-4-3-5-9-14/h2-10H2,1H3,(H,15,19). The van der Waals surface area contributed by atoms with Gasteiger partial charge in [-0.25, -0.2) is 4.79 Å². The number of Topliss-reactive ketones (excluding diaryl/α,β-unsaturated/α-hetero) is 1. The van der Waals surface area contributed by atoms with Gasteiger partial charge in [0.2, 0.25) is 0 Å². The van der Waals surface area contributed by atoms with Crippen molar-refractivity contribution < 1.29 is 14.4 Å². The number of urea groups is 1. The lowest BCUT2D eigenvalue weighted by Crippen LogP contribution is -2.48. The van der Waals surface area contributed by atoms with Gasteiger partial charge in [-0.05, 0) is 19.3 Å². The highest BCUT2D eigenvalue weighted by Crippen LogP contribution is 2.33. The number of rotatable bonds is 5. The van der Waals surface area contributed by atoms with Crippen molar-refractivity contribution in [1.29, 1.82) is 0 Å². The molecule has 0 unspecified atom stereocenters. The van der Waals surface area contributed by atoms with Gasteiger partial charge in [-0.15, -0.1) is 0 Å². The first-order valence-electron chi connectivity index (χ1n) is 7.25. The highest BCUT2D eigenvalue weighted by atomic mass is 16.2. The lowest BCUT2D eigenvalue weighted by molar-refractivity contribution is -0.132. The molecule has 1 heterocycles. The Morgan fingerprint density at radius 1 is 1.26 bits per heavy atom. The fourth-order valence-corrected chi connectivity index (χ4v) is 2.98. The van der Waals surface area contributed by atoms with Crippen LogP contribution in [0.5, 0.6) is 0 Å². The smallest absolute Gasteiger partial charge is 0.323 e. The van der Waals surface area contributed by atoms with Crippen molar-refractivity contribution in [2.75, 3.05) is 6.54 Å². The maximum atomic E-state index is 12.4. The Morgan fingerprint density at radius 3 is 2.58 bits per heavy atom. The minimum atomic E-state index is -0.635. The summed E-state index contributed by atoms with van der Waals surface area (Å²) in [6, 6.07) is -0.282. The molecule has 0 aromatic carbocycles. The molecule has 0 radical (unpaired) electrons. The molecule has 106 valence electrons. The molecule has 2 aliphatic rings. The van der Waals surface area contributed by atoms with Crippen LogP contribution in [0.25, 0.3) is 0 Å². The van der Waals surface area contributed by atoms with Crippen LogP contribution in [0.4, 0.5) is 4.79 Å². The van der Waals surface area contributed by atoms with E-state index in [2.05, 4.69) is 5.32 Å². The molecule has 2 rings (SSSR count). The summed E-state index contributed by atoms with van der Waals surface area (Å²) >= 11 is 0. The summed E-state index contributed by atoms with van der Waals surface area (Å²) in [6.45, 7) is 2.19. The summed E-state index contributed by atoms with van der Waals surface area (Å²) in [5.41, 5.74) is -0.635. The number of imide groups is 1. The Balaban J connectivity index is 1.93. The van der Waals surface area contributed by atoms with E-state index in [-0.39, 0.29) is 17.7 Å². The van der Waals surface area contributed by atoms with Crippen molar-refractivity contribution in [3.05, 3.63) is 0 Å². The maximum Gasteiger partial charge on any atom is 0.325 e. The Morgan fingerprint density at radius 2 is 1.95 bits per heavy atom. The summed E-state index contributed by atoms with van der Waals surface area (Å²) in [5, 5.41) is 2.87. The van der Waals surface area contributed by atoms with E-state index in [0.717, 1.165) is 32.1 Å². The summed E-state index contributed by atoms with van der Waals surface area (Å²) in [6.07, 6.45) is 6.16. The molecule has 1 aliphatic heterocycles. The molecule has 0 aromatic heterocycles. The van der Waals surface area contributed by atoms with Crippen molar-refractivity contribution in [3.8, 4) is 0 Å². The molecule has 1 N–H and O–H groups in total. The topological polar surface area (TPSA) is 66.5 Å². The lowest BCUT2D eigenvalue weighted by Gasteiger charge is -2.30. The first-order valence-corrected chi connectivity index (χ1v) is 7.25. The first kappa shape index (κ1) is 14.0. The number of ketones is 1. The first-order chi connectivity index (χ1) is 9.09. The number of hydrogen-bond donors (Lipinski definition) is 1. The summed E-state index contributed by atoms with van der Waals surface area (Å²) in [7, 11) is 0. The Bertz CT molecular complexity index is 386. The minimum Gasteiger partial charge on any atom is -0.323 e. The number of hydrogen-bond acceptors (Lipinski definition) is 3. The average Bonchev–Trinajstić information content (AvgIpc) is 2.63. The molecule has 0 aromatic rings. The minimum absolute atomic E-state index is 0.0823. The van der Waals surface area contributed by atoms with Crippen LogP contribution in [0.1, 0.15) is 58.3 Å². The third kappa shape index (κ3) is 2.80. The van der Waals surface area contributed by atoms with Crippen molar-refractivity contribution in [1.82, 2.24) is 10.2 Å². The van der Waals surface area contributed by atoms with Crippen molar-refractivity contribution >= 4 is 17.7 Å². The van der Waals surface area contributed by atoms with E-state index < -0.39 is 5.54 Å². The largest absolute Gasteiger partial charge is 0.325 e. The van der Waals surface area contributed by atoms with E-state index in [1.165, 1.54) is 4.90 Å². The number of nitrogens with one attached hydrogen (secondary N) is 1. The molecule has 19 heavy (non-hydrogen) atoms. The summed E-state index contributed by atoms with van der Waals surface area (Å²) in [4.78, 5) is 36.8. The average molecular weight is 266 g/mol. The Kier molecular flexibility index (Phi) is 4.22. The van der Waals surface area contributed by atoms with Crippen LogP contribution in [0, 0.1) is 0 Å². The molecule has 1 saturated heterocycles. The SMILES string of the molecule is CCC(=O)CCCN1C(=O)NC2(CCCCC2)C1=O. The van der Waals surface area contributed by atoms with Gasteiger partial charge in [-0.3, -0.25) is 14.5 Å². The zero-order valence-corrected chi connectivity index (χ0v) is 11.5. The van der Waals surface area contributed by atoms with E-state index in [1.54, 1.807) is 0 Å². The second-order valence-electron chi connectivity index (χ2n) is 5.53. The van der Waals surface area contributed by atoms with Gasteiger partial charge >= 0.3 is 6.03 Å².